The van der Waals surface area contributed by atoms with Gasteiger partial charge in [0.05, 0.1) is 24.0 Å². The van der Waals surface area contributed by atoms with Crippen LogP contribution in [0.2, 0.25) is 0 Å². The average Bonchev–Trinajstić information content (AvgIpc) is 2.39. The van der Waals surface area contributed by atoms with E-state index in [0.717, 1.165) is 11.3 Å². The molecule has 0 saturated heterocycles. The van der Waals surface area contributed by atoms with Gasteiger partial charge in [0, 0.05) is 19.4 Å². The van der Waals surface area contributed by atoms with Crippen molar-refractivity contribution >= 4 is 17.7 Å². The molecule has 0 fully saturated rings. The fourth-order valence-electron chi connectivity index (χ4n) is 1.34. The Hall–Kier alpha value is -1.51. The van der Waals surface area contributed by atoms with Crippen LogP contribution in [-0.2, 0) is 15.3 Å². The lowest BCUT2D eigenvalue weighted by atomic mass is 10.2. The van der Waals surface area contributed by atoms with Crippen LogP contribution in [0.5, 0.6) is 0 Å². The number of hydrogen-bond acceptors (Lipinski definition) is 4. The minimum Gasteiger partial charge on any atom is -0.383 e. The fraction of sp³-hybridized carbons (Fsp3) is 0.385. The Balaban J connectivity index is 2.24. The van der Waals surface area contributed by atoms with E-state index >= 15 is 0 Å². The molecule has 0 spiro atoms. The third-order valence-corrected chi connectivity index (χ3v) is 3.19. The van der Waals surface area contributed by atoms with Crippen molar-refractivity contribution in [1.29, 1.82) is 5.26 Å². The zero-order chi connectivity index (χ0) is 13.2. The van der Waals surface area contributed by atoms with E-state index in [-0.39, 0.29) is 5.91 Å². The molecule has 0 heterocycles. The number of hydrogen-bond donors (Lipinski definition) is 1. The number of methoxy groups -OCH3 is 1. The molecule has 0 aromatic heterocycles. The number of thioether (sulfide) groups is 1. The van der Waals surface area contributed by atoms with Crippen LogP contribution >= 0.6 is 11.8 Å². The number of rotatable bonds is 7. The summed E-state index contributed by atoms with van der Waals surface area (Å²) in [6.45, 7) is 1.07. The highest BCUT2D eigenvalue weighted by atomic mass is 32.2. The molecule has 1 amide bonds. The number of amides is 1. The van der Waals surface area contributed by atoms with Crippen molar-refractivity contribution in [2.45, 2.75) is 5.75 Å². The summed E-state index contributed by atoms with van der Waals surface area (Å²) in [4.78, 5) is 11.4. The molecule has 5 heteroatoms. The van der Waals surface area contributed by atoms with Crippen LogP contribution in [0.3, 0.4) is 0 Å². The summed E-state index contributed by atoms with van der Waals surface area (Å²) in [6, 6.07) is 9.52. The Labute approximate surface area is 111 Å². The Morgan fingerprint density at radius 2 is 2.39 bits per heavy atom. The van der Waals surface area contributed by atoms with Crippen molar-refractivity contribution in [3.05, 3.63) is 35.4 Å². The molecule has 0 aliphatic heterocycles. The zero-order valence-electron chi connectivity index (χ0n) is 10.3. The monoisotopic (exact) mass is 264 g/mol. The van der Waals surface area contributed by atoms with E-state index in [1.165, 1.54) is 11.8 Å². The summed E-state index contributed by atoms with van der Waals surface area (Å²) in [6.07, 6.45) is 0. The van der Waals surface area contributed by atoms with Gasteiger partial charge in [-0.05, 0) is 17.7 Å². The lowest BCUT2D eigenvalue weighted by Crippen LogP contribution is -2.28. The lowest BCUT2D eigenvalue weighted by molar-refractivity contribution is -0.118. The highest BCUT2D eigenvalue weighted by Gasteiger charge is 2.01. The molecule has 0 aliphatic carbocycles. The predicted molar refractivity (Wildman–Crippen MR) is 72.2 cm³/mol. The van der Waals surface area contributed by atoms with Crippen LogP contribution < -0.4 is 5.32 Å². The number of carbonyl (C=O) groups is 1. The second-order valence-electron chi connectivity index (χ2n) is 3.65. The third-order valence-electron chi connectivity index (χ3n) is 2.19. The van der Waals surface area contributed by atoms with Gasteiger partial charge in [-0.1, -0.05) is 12.1 Å². The number of carbonyl (C=O) groups excluding carboxylic acids is 1. The molecule has 1 rings (SSSR count). The molecule has 0 radical (unpaired) electrons. The molecule has 0 bridgehead atoms. The van der Waals surface area contributed by atoms with Crippen molar-refractivity contribution in [3.8, 4) is 6.07 Å². The number of nitriles is 1. The van der Waals surface area contributed by atoms with Crippen LogP contribution in [-0.4, -0.2) is 31.9 Å². The maximum absolute atomic E-state index is 11.4. The van der Waals surface area contributed by atoms with Crippen molar-refractivity contribution < 1.29 is 9.53 Å². The van der Waals surface area contributed by atoms with E-state index in [1.807, 2.05) is 18.2 Å². The molecule has 0 aliphatic rings. The summed E-state index contributed by atoms with van der Waals surface area (Å²) in [5.74, 6) is 1.15. The van der Waals surface area contributed by atoms with Crippen LogP contribution in [0.4, 0.5) is 0 Å². The quantitative estimate of drug-likeness (QED) is 0.759. The first kappa shape index (κ1) is 14.6. The lowest BCUT2D eigenvalue weighted by Gasteiger charge is -2.04. The standard InChI is InChI=1S/C13H16N2O2S/c1-17-6-5-15-13(16)10-18-9-12-4-2-3-11(7-12)8-14/h2-4,7H,5-6,9-10H2,1H3,(H,15,16). The van der Waals surface area contributed by atoms with Gasteiger partial charge in [0.25, 0.3) is 0 Å². The highest BCUT2D eigenvalue weighted by Crippen LogP contribution is 2.13. The molecule has 1 aromatic carbocycles. The summed E-state index contributed by atoms with van der Waals surface area (Å²) in [5.41, 5.74) is 1.71. The van der Waals surface area contributed by atoms with Gasteiger partial charge >= 0.3 is 0 Å². The Morgan fingerprint density at radius 3 is 3.11 bits per heavy atom. The summed E-state index contributed by atoms with van der Waals surface area (Å²) < 4.78 is 4.84. The molecule has 0 atom stereocenters. The Morgan fingerprint density at radius 1 is 1.56 bits per heavy atom. The maximum Gasteiger partial charge on any atom is 0.230 e. The minimum atomic E-state index is 0.00786. The van der Waals surface area contributed by atoms with Crippen LogP contribution in [0.15, 0.2) is 24.3 Å². The molecule has 96 valence electrons. The van der Waals surface area contributed by atoms with E-state index < -0.39 is 0 Å². The van der Waals surface area contributed by atoms with E-state index in [0.29, 0.717) is 24.5 Å². The molecular weight excluding hydrogens is 248 g/mol. The second kappa shape index (κ2) is 8.56. The molecule has 18 heavy (non-hydrogen) atoms. The average molecular weight is 264 g/mol. The number of nitrogens with one attached hydrogen (secondary N) is 1. The van der Waals surface area contributed by atoms with Gasteiger partial charge in [0.15, 0.2) is 0 Å². The smallest absolute Gasteiger partial charge is 0.230 e. The van der Waals surface area contributed by atoms with Gasteiger partial charge in [0.1, 0.15) is 0 Å². The second-order valence-corrected chi connectivity index (χ2v) is 4.63. The fourth-order valence-corrected chi connectivity index (χ4v) is 2.14. The first-order valence-corrected chi connectivity index (χ1v) is 6.74. The van der Waals surface area contributed by atoms with E-state index in [9.17, 15) is 4.79 Å². The van der Waals surface area contributed by atoms with Crippen molar-refractivity contribution in [1.82, 2.24) is 5.32 Å². The number of nitrogens with zero attached hydrogens (tertiary/aromatic N) is 1. The van der Waals surface area contributed by atoms with Crippen molar-refractivity contribution in [2.24, 2.45) is 0 Å². The normalized spacial score (nSPS) is 9.78. The van der Waals surface area contributed by atoms with Crippen molar-refractivity contribution in [3.63, 3.8) is 0 Å². The van der Waals surface area contributed by atoms with Crippen molar-refractivity contribution in [2.75, 3.05) is 26.0 Å². The van der Waals surface area contributed by atoms with E-state index in [4.69, 9.17) is 10.00 Å². The summed E-state index contributed by atoms with van der Waals surface area (Å²) in [5, 5.41) is 11.5. The maximum atomic E-state index is 11.4. The van der Waals surface area contributed by atoms with E-state index in [1.54, 1.807) is 13.2 Å². The number of ether oxygens (including phenoxy) is 1. The minimum absolute atomic E-state index is 0.00786. The van der Waals surface area contributed by atoms with Gasteiger partial charge in [0.2, 0.25) is 5.91 Å². The van der Waals surface area contributed by atoms with Gasteiger partial charge in [-0.2, -0.15) is 5.26 Å². The first-order valence-electron chi connectivity index (χ1n) is 5.58. The topological polar surface area (TPSA) is 62.1 Å². The largest absolute Gasteiger partial charge is 0.383 e. The molecule has 1 aromatic rings. The molecule has 4 nitrogen and oxygen atoms in total. The van der Waals surface area contributed by atoms with Gasteiger partial charge in [-0.25, -0.2) is 0 Å². The van der Waals surface area contributed by atoms with Gasteiger partial charge in [-0.3, -0.25) is 4.79 Å². The van der Waals surface area contributed by atoms with Crippen LogP contribution in [0.1, 0.15) is 11.1 Å². The molecule has 0 unspecified atom stereocenters. The Bertz CT molecular complexity index is 429. The predicted octanol–water partition coefficient (Wildman–Crippen LogP) is 1.55. The summed E-state index contributed by atoms with van der Waals surface area (Å²) >= 11 is 1.53. The summed E-state index contributed by atoms with van der Waals surface area (Å²) in [7, 11) is 1.60. The molecular formula is C13H16N2O2S. The third kappa shape index (κ3) is 5.71. The first-order chi connectivity index (χ1) is 8.76. The Kier molecular flexibility index (Phi) is 6.92. The molecule has 1 N–H and O–H groups in total. The van der Waals surface area contributed by atoms with E-state index in [2.05, 4.69) is 11.4 Å². The SMILES string of the molecule is COCCNC(=O)CSCc1cccc(C#N)c1. The van der Waals surface area contributed by atoms with Crippen LogP contribution in [0.25, 0.3) is 0 Å². The highest BCUT2D eigenvalue weighted by molar-refractivity contribution is 7.99. The van der Waals surface area contributed by atoms with Gasteiger partial charge in [-0.15, -0.1) is 11.8 Å². The van der Waals surface area contributed by atoms with Crippen LogP contribution in [0, 0.1) is 11.3 Å². The number of benzene rings is 1. The molecule has 0 saturated carbocycles. The zero-order valence-corrected chi connectivity index (χ0v) is 11.1. The van der Waals surface area contributed by atoms with Gasteiger partial charge < -0.3 is 10.1 Å².